The largest absolute Gasteiger partial charge is 0.481 e. The zero-order valence-electron chi connectivity index (χ0n) is 21.8. The summed E-state index contributed by atoms with van der Waals surface area (Å²) in [4.78, 5) is 32.1. The average Bonchev–Trinajstić information content (AvgIpc) is 2.89. The summed E-state index contributed by atoms with van der Waals surface area (Å²) in [5.74, 6) is -0.0165. The molecule has 1 aliphatic rings. The Morgan fingerprint density at radius 1 is 1.14 bits per heavy atom. The molecule has 4 rings (SSSR count). The smallest absolute Gasteiger partial charge is 0.261 e. The minimum absolute atomic E-state index is 0.000608. The van der Waals surface area contributed by atoms with Gasteiger partial charge in [-0.2, -0.15) is 0 Å². The van der Waals surface area contributed by atoms with Crippen LogP contribution in [0.1, 0.15) is 62.4 Å². The van der Waals surface area contributed by atoms with Gasteiger partial charge in [-0.3, -0.25) is 14.6 Å². The van der Waals surface area contributed by atoms with Crippen LogP contribution in [0.2, 0.25) is 0 Å². The van der Waals surface area contributed by atoms with Crippen LogP contribution in [0, 0.1) is 11.2 Å². The Balaban J connectivity index is 1.62. The van der Waals surface area contributed by atoms with Gasteiger partial charge in [-0.05, 0) is 71.5 Å². The molecule has 2 heterocycles. The SMILES string of the molecule is CCC(Oc1ccc2c(c1)C(c1cccc(F)c1)N(C(=O)C(C)(C)C)CC2)C(=O)NCc1ccncc1. The molecule has 194 valence electrons. The number of amides is 2. The van der Waals surface area contributed by atoms with Crippen molar-refractivity contribution in [1.29, 1.82) is 0 Å². The highest BCUT2D eigenvalue weighted by Gasteiger charge is 2.37. The molecule has 37 heavy (non-hydrogen) atoms. The van der Waals surface area contributed by atoms with E-state index in [2.05, 4.69) is 10.3 Å². The molecule has 3 aromatic rings. The fourth-order valence-corrected chi connectivity index (χ4v) is 4.64. The van der Waals surface area contributed by atoms with E-state index in [-0.39, 0.29) is 17.6 Å². The number of carbonyl (C=O) groups is 2. The van der Waals surface area contributed by atoms with Gasteiger partial charge in [0.05, 0.1) is 6.04 Å². The monoisotopic (exact) mass is 503 g/mol. The molecule has 2 amide bonds. The average molecular weight is 504 g/mol. The van der Waals surface area contributed by atoms with Crippen molar-refractivity contribution >= 4 is 11.8 Å². The van der Waals surface area contributed by atoms with Gasteiger partial charge in [-0.15, -0.1) is 0 Å². The maximum atomic E-state index is 14.3. The molecule has 0 saturated heterocycles. The first kappa shape index (κ1) is 26.3. The minimum Gasteiger partial charge on any atom is -0.481 e. The van der Waals surface area contributed by atoms with Crippen LogP contribution in [0.4, 0.5) is 4.39 Å². The van der Waals surface area contributed by atoms with Gasteiger partial charge in [0.1, 0.15) is 11.6 Å². The van der Waals surface area contributed by atoms with Gasteiger partial charge < -0.3 is 15.0 Å². The third-order valence-corrected chi connectivity index (χ3v) is 6.57. The number of halogens is 1. The van der Waals surface area contributed by atoms with Gasteiger partial charge in [-0.25, -0.2) is 4.39 Å². The van der Waals surface area contributed by atoms with Crippen molar-refractivity contribution in [3.63, 3.8) is 0 Å². The Morgan fingerprint density at radius 2 is 1.89 bits per heavy atom. The second-order valence-electron chi connectivity index (χ2n) is 10.4. The van der Waals surface area contributed by atoms with Crippen molar-refractivity contribution in [2.24, 2.45) is 5.41 Å². The molecule has 1 aromatic heterocycles. The topological polar surface area (TPSA) is 71.5 Å². The van der Waals surface area contributed by atoms with Crippen molar-refractivity contribution < 1.29 is 18.7 Å². The molecule has 1 N–H and O–H groups in total. The maximum absolute atomic E-state index is 14.3. The second-order valence-corrected chi connectivity index (χ2v) is 10.4. The number of fused-ring (bicyclic) bond motifs is 1. The summed E-state index contributed by atoms with van der Waals surface area (Å²) in [6.07, 6.45) is 3.87. The van der Waals surface area contributed by atoms with Crippen LogP contribution < -0.4 is 10.1 Å². The zero-order chi connectivity index (χ0) is 26.6. The standard InChI is InChI=1S/C30H34FN3O3/c1-5-26(28(35)33-19-20-11-14-32-15-12-20)37-24-10-9-21-13-16-34(29(36)30(2,3)4)27(25(21)18-24)22-7-6-8-23(31)17-22/h6-12,14-15,17-18,26-27H,5,13,16,19H2,1-4H3,(H,33,35). The number of pyridine rings is 1. The first-order valence-electron chi connectivity index (χ1n) is 12.7. The van der Waals surface area contributed by atoms with Crippen LogP contribution >= 0.6 is 0 Å². The summed E-state index contributed by atoms with van der Waals surface area (Å²) in [6.45, 7) is 8.50. The quantitative estimate of drug-likeness (QED) is 0.480. The molecular formula is C30H34FN3O3. The molecule has 7 heteroatoms. The van der Waals surface area contributed by atoms with Crippen molar-refractivity contribution in [1.82, 2.24) is 15.2 Å². The summed E-state index contributed by atoms with van der Waals surface area (Å²) in [5.41, 5.74) is 3.04. The third kappa shape index (κ3) is 6.16. The molecule has 2 aromatic carbocycles. The Bertz CT molecular complexity index is 1260. The van der Waals surface area contributed by atoms with Crippen molar-refractivity contribution in [2.75, 3.05) is 6.54 Å². The van der Waals surface area contributed by atoms with Crippen LogP contribution in [0.3, 0.4) is 0 Å². The summed E-state index contributed by atoms with van der Waals surface area (Å²) in [7, 11) is 0. The lowest BCUT2D eigenvalue weighted by molar-refractivity contribution is -0.141. The number of hydrogen-bond donors (Lipinski definition) is 1. The number of ether oxygens (including phenoxy) is 1. The lowest BCUT2D eigenvalue weighted by Crippen LogP contribution is -2.45. The first-order chi connectivity index (χ1) is 17.7. The zero-order valence-corrected chi connectivity index (χ0v) is 21.8. The second kappa shape index (κ2) is 11.1. The van der Waals surface area contributed by atoms with E-state index in [1.165, 1.54) is 12.1 Å². The molecular weight excluding hydrogens is 469 g/mol. The van der Waals surface area contributed by atoms with Gasteiger partial charge in [0.2, 0.25) is 5.91 Å². The van der Waals surface area contributed by atoms with E-state index in [1.54, 1.807) is 18.5 Å². The number of rotatable bonds is 7. The lowest BCUT2D eigenvalue weighted by atomic mass is 9.85. The van der Waals surface area contributed by atoms with Crippen LogP contribution in [0.5, 0.6) is 5.75 Å². The summed E-state index contributed by atoms with van der Waals surface area (Å²) in [5, 5.41) is 2.93. The highest BCUT2D eigenvalue weighted by molar-refractivity contribution is 5.83. The summed E-state index contributed by atoms with van der Waals surface area (Å²) >= 11 is 0. The van der Waals surface area contributed by atoms with Gasteiger partial charge in [0, 0.05) is 30.9 Å². The Morgan fingerprint density at radius 3 is 2.57 bits per heavy atom. The molecule has 0 spiro atoms. The predicted octanol–water partition coefficient (Wildman–Crippen LogP) is 5.21. The highest BCUT2D eigenvalue weighted by Crippen LogP contribution is 2.39. The van der Waals surface area contributed by atoms with Gasteiger partial charge in [0.25, 0.3) is 5.91 Å². The fraction of sp³-hybridized carbons (Fsp3) is 0.367. The van der Waals surface area contributed by atoms with Crippen molar-refractivity contribution in [2.45, 2.75) is 59.2 Å². The van der Waals surface area contributed by atoms with E-state index in [9.17, 15) is 14.0 Å². The molecule has 0 fully saturated rings. The molecule has 0 saturated carbocycles. The lowest BCUT2D eigenvalue weighted by Gasteiger charge is -2.41. The molecule has 2 atom stereocenters. The predicted molar refractivity (Wildman–Crippen MR) is 140 cm³/mol. The van der Waals surface area contributed by atoms with Crippen LogP contribution in [0.15, 0.2) is 67.0 Å². The van der Waals surface area contributed by atoms with E-state index in [1.807, 2.05) is 69.0 Å². The molecule has 0 bridgehead atoms. The molecule has 0 radical (unpaired) electrons. The highest BCUT2D eigenvalue weighted by atomic mass is 19.1. The normalized spacial score (nSPS) is 16.0. The van der Waals surface area contributed by atoms with Crippen molar-refractivity contribution in [3.8, 4) is 5.75 Å². The summed E-state index contributed by atoms with van der Waals surface area (Å²) < 4.78 is 20.4. The number of hydrogen-bond acceptors (Lipinski definition) is 4. The molecule has 1 aliphatic heterocycles. The van der Waals surface area contributed by atoms with Crippen LogP contribution in [0.25, 0.3) is 0 Å². The van der Waals surface area contributed by atoms with E-state index in [4.69, 9.17) is 4.74 Å². The molecule has 0 aliphatic carbocycles. The van der Waals surface area contributed by atoms with Crippen LogP contribution in [-0.2, 0) is 22.6 Å². The van der Waals surface area contributed by atoms with Gasteiger partial charge in [-0.1, -0.05) is 45.9 Å². The number of aromatic nitrogens is 1. The van der Waals surface area contributed by atoms with Gasteiger partial charge >= 0.3 is 0 Å². The first-order valence-corrected chi connectivity index (χ1v) is 12.7. The number of benzene rings is 2. The Kier molecular flexibility index (Phi) is 7.91. The number of nitrogens with one attached hydrogen (secondary N) is 1. The third-order valence-electron chi connectivity index (χ3n) is 6.57. The van der Waals surface area contributed by atoms with Gasteiger partial charge in [0.15, 0.2) is 6.10 Å². The van der Waals surface area contributed by atoms with E-state index < -0.39 is 17.6 Å². The molecule has 2 unspecified atom stereocenters. The number of nitrogens with zero attached hydrogens (tertiary/aromatic N) is 2. The van der Waals surface area contributed by atoms with Crippen LogP contribution in [-0.4, -0.2) is 34.3 Å². The van der Waals surface area contributed by atoms with E-state index >= 15 is 0 Å². The molecule has 6 nitrogen and oxygen atoms in total. The number of carbonyl (C=O) groups excluding carboxylic acids is 2. The maximum Gasteiger partial charge on any atom is 0.261 e. The van der Waals surface area contributed by atoms with E-state index in [0.717, 1.165) is 16.7 Å². The Labute approximate surface area is 217 Å². The fourth-order valence-electron chi connectivity index (χ4n) is 4.64. The summed E-state index contributed by atoms with van der Waals surface area (Å²) in [6, 6.07) is 15.4. The Hall–Kier alpha value is -3.74. The van der Waals surface area contributed by atoms with E-state index in [0.29, 0.717) is 37.2 Å². The van der Waals surface area contributed by atoms with Crippen molar-refractivity contribution in [3.05, 3.63) is 95.1 Å². The minimum atomic E-state index is -0.677.